The first-order chi connectivity index (χ1) is 7.86. The lowest BCUT2D eigenvalue weighted by molar-refractivity contribution is 0.0214. The summed E-state index contributed by atoms with van der Waals surface area (Å²) in [5.74, 6) is 0.694. The first-order valence-electron chi connectivity index (χ1n) is 5.75. The van der Waals surface area contributed by atoms with Crippen molar-refractivity contribution in [2.24, 2.45) is 0 Å². The van der Waals surface area contributed by atoms with Gasteiger partial charge in [0.25, 0.3) is 0 Å². The molecule has 86 valence electrons. The highest BCUT2D eigenvalue weighted by Gasteiger charge is 2.42. The molecule has 3 heterocycles. The van der Waals surface area contributed by atoms with Crippen LogP contribution in [0.15, 0.2) is 18.5 Å². The highest BCUT2D eigenvalue weighted by molar-refractivity contribution is 5.25. The number of ether oxygens (including phenoxy) is 1. The van der Waals surface area contributed by atoms with Gasteiger partial charge in [-0.3, -0.25) is 0 Å². The van der Waals surface area contributed by atoms with Crippen molar-refractivity contribution in [3.05, 3.63) is 18.5 Å². The molecule has 2 aliphatic heterocycles. The van der Waals surface area contributed by atoms with Gasteiger partial charge in [0.05, 0.1) is 18.2 Å². The molecule has 2 atom stereocenters. The molecule has 1 spiro atoms. The van der Waals surface area contributed by atoms with Gasteiger partial charge in [-0.2, -0.15) is 0 Å². The van der Waals surface area contributed by atoms with E-state index in [4.69, 9.17) is 4.74 Å². The van der Waals surface area contributed by atoms with Crippen LogP contribution < -0.4 is 10.6 Å². The van der Waals surface area contributed by atoms with Crippen molar-refractivity contribution in [2.75, 3.05) is 25.0 Å². The fourth-order valence-electron chi connectivity index (χ4n) is 2.51. The Labute approximate surface area is 94.6 Å². The lowest BCUT2D eigenvalue weighted by Gasteiger charge is -2.20. The van der Waals surface area contributed by atoms with E-state index in [-0.39, 0.29) is 5.60 Å². The second-order valence-corrected chi connectivity index (χ2v) is 4.54. The molecule has 0 unspecified atom stereocenters. The molecule has 5 heteroatoms. The molecule has 0 aliphatic carbocycles. The molecule has 0 bridgehead atoms. The third kappa shape index (κ3) is 1.88. The maximum Gasteiger partial charge on any atom is 0.222 e. The van der Waals surface area contributed by atoms with Crippen LogP contribution in [0.1, 0.15) is 12.8 Å². The monoisotopic (exact) mass is 220 g/mol. The molecule has 0 radical (unpaired) electrons. The van der Waals surface area contributed by atoms with Crippen LogP contribution in [0.25, 0.3) is 0 Å². The van der Waals surface area contributed by atoms with Crippen molar-refractivity contribution in [3.8, 4) is 0 Å². The molecule has 2 N–H and O–H groups in total. The van der Waals surface area contributed by atoms with Gasteiger partial charge in [-0.15, -0.1) is 0 Å². The molecule has 0 saturated carbocycles. The van der Waals surface area contributed by atoms with Gasteiger partial charge in [0, 0.05) is 25.4 Å². The predicted octanol–water partition coefficient (Wildman–Crippen LogP) is 0.409. The van der Waals surface area contributed by atoms with Crippen LogP contribution in [0.4, 0.5) is 5.95 Å². The lowest BCUT2D eigenvalue weighted by Crippen LogP contribution is -2.31. The van der Waals surface area contributed by atoms with Crippen molar-refractivity contribution >= 4 is 5.95 Å². The van der Waals surface area contributed by atoms with E-state index < -0.39 is 0 Å². The van der Waals surface area contributed by atoms with Gasteiger partial charge in [-0.1, -0.05) is 0 Å². The Morgan fingerprint density at radius 1 is 1.44 bits per heavy atom. The molecule has 0 aromatic carbocycles. The van der Waals surface area contributed by atoms with Crippen LogP contribution in [0.5, 0.6) is 0 Å². The van der Waals surface area contributed by atoms with Crippen molar-refractivity contribution < 1.29 is 4.74 Å². The van der Waals surface area contributed by atoms with Gasteiger partial charge in [0.1, 0.15) is 0 Å². The number of hydrogen-bond acceptors (Lipinski definition) is 5. The third-order valence-corrected chi connectivity index (χ3v) is 3.31. The smallest absolute Gasteiger partial charge is 0.222 e. The summed E-state index contributed by atoms with van der Waals surface area (Å²) < 4.78 is 5.91. The van der Waals surface area contributed by atoms with Crippen molar-refractivity contribution in [2.45, 2.75) is 24.5 Å². The predicted molar refractivity (Wildman–Crippen MR) is 60.2 cm³/mol. The van der Waals surface area contributed by atoms with E-state index in [2.05, 4.69) is 20.6 Å². The summed E-state index contributed by atoms with van der Waals surface area (Å²) in [5, 5.41) is 6.67. The van der Waals surface area contributed by atoms with Crippen molar-refractivity contribution in [1.82, 2.24) is 15.3 Å². The zero-order chi connectivity index (χ0) is 10.8. The topological polar surface area (TPSA) is 59.1 Å². The zero-order valence-electron chi connectivity index (χ0n) is 9.15. The average Bonchev–Trinajstić information content (AvgIpc) is 2.92. The van der Waals surface area contributed by atoms with E-state index in [1.807, 2.05) is 6.07 Å². The van der Waals surface area contributed by atoms with Crippen LogP contribution in [0.3, 0.4) is 0 Å². The Bertz CT molecular complexity index is 350. The number of aromatic nitrogens is 2. The highest BCUT2D eigenvalue weighted by Crippen LogP contribution is 2.32. The minimum atomic E-state index is 0.0620. The van der Waals surface area contributed by atoms with E-state index in [1.165, 1.54) is 0 Å². The van der Waals surface area contributed by atoms with Gasteiger partial charge in [-0.05, 0) is 19.0 Å². The van der Waals surface area contributed by atoms with Gasteiger partial charge >= 0.3 is 0 Å². The second-order valence-electron chi connectivity index (χ2n) is 4.54. The average molecular weight is 220 g/mol. The molecule has 1 aromatic heterocycles. The fraction of sp³-hybridized carbons (Fsp3) is 0.636. The Kier molecular flexibility index (Phi) is 2.49. The molecule has 2 fully saturated rings. The van der Waals surface area contributed by atoms with Crippen LogP contribution in [-0.4, -0.2) is 41.3 Å². The standard InChI is InChI=1S/C11H16N4O/c1-3-13-10(14-4-1)15-9-6-11(16-7-9)2-5-12-8-11/h1,3-4,9,12H,2,5-8H2,(H,13,14,15)/t9-,11-/m1/s1. The highest BCUT2D eigenvalue weighted by atomic mass is 16.5. The molecule has 1 aromatic rings. The Morgan fingerprint density at radius 2 is 2.31 bits per heavy atom. The molecule has 2 saturated heterocycles. The quantitative estimate of drug-likeness (QED) is 0.756. The molecule has 0 amide bonds. The number of nitrogens with zero attached hydrogens (tertiary/aromatic N) is 2. The van der Waals surface area contributed by atoms with E-state index in [0.717, 1.165) is 32.5 Å². The molecule has 5 nitrogen and oxygen atoms in total. The number of hydrogen-bond donors (Lipinski definition) is 2. The number of anilines is 1. The summed E-state index contributed by atoms with van der Waals surface area (Å²) in [7, 11) is 0. The number of rotatable bonds is 2. The zero-order valence-corrected chi connectivity index (χ0v) is 9.15. The fourth-order valence-corrected chi connectivity index (χ4v) is 2.51. The number of nitrogens with one attached hydrogen (secondary N) is 2. The van der Waals surface area contributed by atoms with Crippen molar-refractivity contribution in [3.63, 3.8) is 0 Å². The van der Waals surface area contributed by atoms with Crippen LogP contribution in [0.2, 0.25) is 0 Å². The molecular weight excluding hydrogens is 204 g/mol. The summed E-state index contributed by atoms with van der Waals surface area (Å²) in [5.41, 5.74) is 0.0620. The summed E-state index contributed by atoms with van der Waals surface area (Å²) in [4.78, 5) is 8.33. The summed E-state index contributed by atoms with van der Waals surface area (Å²) in [6, 6.07) is 2.15. The van der Waals surface area contributed by atoms with E-state index in [1.54, 1.807) is 12.4 Å². The largest absolute Gasteiger partial charge is 0.371 e. The third-order valence-electron chi connectivity index (χ3n) is 3.31. The van der Waals surface area contributed by atoms with Crippen LogP contribution in [0, 0.1) is 0 Å². The Balaban J connectivity index is 1.62. The summed E-state index contributed by atoms with van der Waals surface area (Å²) in [6.45, 7) is 2.79. The first-order valence-corrected chi connectivity index (χ1v) is 5.75. The van der Waals surface area contributed by atoms with Gasteiger partial charge in [0.2, 0.25) is 5.95 Å². The van der Waals surface area contributed by atoms with Gasteiger partial charge < -0.3 is 15.4 Å². The summed E-state index contributed by atoms with van der Waals surface area (Å²) >= 11 is 0. The van der Waals surface area contributed by atoms with Gasteiger partial charge in [0.15, 0.2) is 0 Å². The van der Waals surface area contributed by atoms with E-state index >= 15 is 0 Å². The first kappa shape index (κ1) is 9.99. The Morgan fingerprint density at radius 3 is 3.06 bits per heavy atom. The van der Waals surface area contributed by atoms with E-state index in [9.17, 15) is 0 Å². The maximum atomic E-state index is 5.91. The normalized spacial score (nSPS) is 33.4. The van der Waals surface area contributed by atoms with E-state index in [0.29, 0.717) is 12.0 Å². The maximum absolute atomic E-state index is 5.91. The molecule has 3 rings (SSSR count). The molecule has 2 aliphatic rings. The minimum Gasteiger partial charge on any atom is -0.371 e. The van der Waals surface area contributed by atoms with Crippen LogP contribution in [-0.2, 0) is 4.74 Å². The molecule has 16 heavy (non-hydrogen) atoms. The lowest BCUT2D eigenvalue weighted by atomic mass is 9.97. The summed E-state index contributed by atoms with van der Waals surface area (Å²) in [6.07, 6.45) is 5.65. The van der Waals surface area contributed by atoms with Crippen molar-refractivity contribution in [1.29, 1.82) is 0 Å². The van der Waals surface area contributed by atoms with Crippen LogP contribution >= 0.6 is 0 Å². The second kappa shape index (κ2) is 3.99. The van der Waals surface area contributed by atoms with Gasteiger partial charge in [-0.25, -0.2) is 9.97 Å². The SMILES string of the molecule is c1cnc(N[C@H]2CO[C@]3(CCNC3)C2)nc1. The molecular formula is C11H16N4O. The Hall–Kier alpha value is -1.20. The minimum absolute atomic E-state index is 0.0620.